The average molecular weight is 351 g/mol. The summed E-state index contributed by atoms with van der Waals surface area (Å²) in [6, 6.07) is 16.4. The quantitative estimate of drug-likeness (QED) is 0.496. The Morgan fingerprint density at radius 2 is 1.73 bits per heavy atom. The van der Waals surface area contributed by atoms with Crippen LogP contribution in [0.4, 0.5) is 23.3 Å². The summed E-state index contributed by atoms with van der Waals surface area (Å²) in [5.41, 5.74) is 12.3. The summed E-state index contributed by atoms with van der Waals surface area (Å²) < 4.78 is 5.26. The highest BCUT2D eigenvalue weighted by molar-refractivity contribution is 5.91. The van der Waals surface area contributed by atoms with Crippen molar-refractivity contribution in [3.05, 3.63) is 60.4 Å². The number of para-hydroxylation sites is 3. The van der Waals surface area contributed by atoms with Gasteiger partial charge in [0.25, 0.3) is 0 Å². The molecule has 0 fully saturated rings. The molecule has 0 saturated carbocycles. The number of benzene rings is 2. The van der Waals surface area contributed by atoms with Crippen LogP contribution in [0.5, 0.6) is 5.75 Å². The summed E-state index contributed by atoms with van der Waals surface area (Å²) in [5.74, 6) is -0.0262. The molecule has 9 heteroatoms. The first-order valence-electron chi connectivity index (χ1n) is 7.68. The van der Waals surface area contributed by atoms with Gasteiger partial charge in [-0.05, 0) is 24.3 Å². The zero-order chi connectivity index (χ0) is 18.4. The number of ether oxygens (including phenoxy) is 1. The number of amides is 1. The van der Waals surface area contributed by atoms with Gasteiger partial charge in [0.15, 0.2) is 0 Å². The minimum Gasteiger partial charge on any atom is -0.495 e. The van der Waals surface area contributed by atoms with Crippen molar-refractivity contribution >= 4 is 29.2 Å². The van der Waals surface area contributed by atoms with Gasteiger partial charge >= 0.3 is 5.91 Å². The Hall–Kier alpha value is -3.88. The van der Waals surface area contributed by atoms with Gasteiger partial charge < -0.3 is 15.8 Å². The predicted octanol–water partition coefficient (Wildman–Crippen LogP) is 1.96. The number of nitrogen functional groups attached to an aromatic ring is 1. The molecular weight excluding hydrogens is 334 g/mol. The molecule has 0 aliphatic heterocycles. The van der Waals surface area contributed by atoms with Crippen molar-refractivity contribution in [1.82, 2.24) is 20.4 Å². The normalized spacial score (nSPS) is 10.0. The lowest BCUT2D eigenvalue weighted by molar-refractivity contribution is 0.0952. The van der Waals surface area contributed by atoms with Crippen LogP contribution in [0.3, 0.4) is 0 Å². The van der Waals surface area contributed by atoms with E-state index in [1.165, 1.54) is 0 Å². The molecule has 2 aromatic carbocycles. The van der Waals surface area contributed by atoms with Crippen molar-refractivity contribution in [2.45, 2.75) is 0 Å². The molecule has 0 spiro atoms. The second-order valence-electron chi connectivity index (χ2n) is 5.11. The number of hydrogen-bond acceptors (Lipinski definition) is 8. The third kappa shape index (κ3) is 4.15. The van der Waals surface area contributed by atoms with Gasteiger partial charge in [0.2, 0.25) is 17.7 Å². The van der Waals surface area contributed by atoms with Crippen LogP contribution in [-0.2, 0) is 0 Å². The van der Waals surface area contributed by atoms with E-state index in [9.17, 15) is 4.79 Å². The van der Waals surface area contributed by atoms with Gasteiger partial charge in [-0.1, -0.05) is 30.3 Å². The number of nitrogens with one attached hydrogen (secondary N) is 3. The van der Waals surface area contributed by atoms with Gasteiger partial charge in [0.05, 0.1) is 18.5 Å². The van der Waals surface area contributed by atoms with E-state index in [4.69, 9.17) is 10.5 Å². The zero-order valence-corrected chi connectivity index (χ0v) is 13.9. The molecule has 0 aliphatic carbocycles. The molecule has 3 aromatic rings. The number of carbonyl (C=O) groups is 1. The average Bonchev–Trinajstić information content (AvgIpc) is 2.67. The second-order valence-corrected chi connectivity index (χ2v) is 5.11. The Morgan fingerprint density at radius 1 is 1.00 bits per heavy atom. The van der Waals surface area contributed by atoms with E-state index in [1.807, 2.05) is 30.3 Å². The smallest absolute Gasteiger partial charge is 0.307 e. The maximum atomic E-state index is 12.3. The van der Waals surface area contributed by atoms with Gasteiger partial charge in [-0.25, -0.2) is 0 Å². The van der Waals surface area contributed by atoms with Crippen molar-refractivity contribution in [2.75, 3.05) is 23.6 Å². The highest BCUT2D eigenvalue weighted by Gasteiger charge is 2.13. The number of methoxy groups -OCH3 is 1. The fourth-order valence-corrected chi connectivity index (χ4v) is 2.12. The first-order chi connectivity index (χ1) is 12.7. The summed E-state index contributed by atoms with van der Waals surface area (Å²) in [6.45, 7) is 0. The third-order valence-corrected chi connectivity index (χ3v) is 3.30. The van der Waals surface area contributed by atoms with E-state index in [1.54, 1.807) is 31.4 Å². The van der Waals surface area contributed by atoms with Crippen molar-refractivity contribution in [3.8, 4) is 5.75 Å². The van der Waals surface area contributed by atoms with E-state index >= 15 is 0 Å². The molecule has 0 atom stereocenters. The van der Waals surface area contributed by atoms with Crippen molar-refractivity contribution < 1.29 is 9.53 Å². The minimum absolute atomic E-state index is 0.0812. The molecule has 132 valence electrons. The molecule has 26 heavy (non-hydrogen) atoms. The Morgan fingerprint density at radius 3 is 2.50 bits per heavy atom. The number of nitrogens with zero attached hydrogens (tertiary/aromatic N) is 3. The molecule has 0 radical (unpaired) electrons. The predicted molar refractivity (Wildman–Crippen MR) is 98.0 cm³/mol. The maximum Gasteiger partial charge on any atom is 0.307 e. The lowest BCUT2D eigenvalue weighted by atomic mass is 10.3. The molecular formula is C17H17N7O2. The summed E-state index contributed by atoms with van der Waals surface area (Å²) in [5, 5.41) is 2.97. The number of hydrazine groups is 1. The van der Waals surface area contributed by atoms with E-state index in [2.05, 4.69) is 31.1 Å². The van der Waals surface area contributed by atoms with Gasteiger partial charge in [0, 0.05) is 0 Å². The SMILES string of the molecule is COc1ccccc1Nc1nc(N)nc(C(=O)NNc2ccccc2)n1. The lowest BCUT2D eigenvalue weighted by Crippen LogP contribution is -2.31. The molecule has 1 amide bonds. The summed E-state index contributed by atoms with van der Waals surface area (Å²) in [6.07, 6.45) is 0. The Labute approximate surface area is 149 Å². The molecule has 0 bridgehead atoms. The maximum absolute atomic E-state index is 12.3. The minimum atomic E-state index is -0.550. The fraction of sp³-hybridized carbons (Fsp3) is 0.0588. The van der Waals surface area contributed by atoms with Crippen LogP contribution >= 0.6 is 0 Å². The van der Waals surface area contributed by atoms with Crippen LogP contribution in [-0.4, -0.2) is 28.0 Å². The summed E-state index contributed by atoms with van der Waals surface area (Å²) in [7, 11) is 1.55. The second kappa shape index (κ2) is 7.79. The molecule has 1 heterocycles. The number of carbonyl (C=O) groups excluding carboxylic acids is 1. The lowest BCUT2D eigenvalue weighted by Gasteiger charge is -2.11. The van der Waals surface area contributed by atoms with Crippen LogP contribution in [0.2, 0.25) is 0 Å². The molecule has 3 rings (SSSR count). The number of anilines is 4. The molecule has 9 nitrogen and oxygen atoms in total. The van der Waals surface area contributed by atoms with Crippen LogP contribution in [0.25, 0.3) is 0 Å². The molecule has 1 aromatic heterocycles. The van der Waals surface area contributed by atoms with E-state index in [-0.39, 0.29) is 17.7 Å². The van der Waals surface area contributed by atoms with Gasteiger partial charge in [-0.15, -0.1) is 0 Å². The zero-order valence-electron chi connectivity index (χ0n) is 13.9. The number of aromatic nitrogens is 3. The number of rotatable bonds is 6. The first kappa shape index (κ1) is 17.0. The Bertz CT molecular complexity index is 903. The van der Waals surface area contributed by atoms with Crippen molar-refractivity contribution in [1.29, 1.82) is 0 Å². The molecule has 5 N–H and O–H groups in total. The van der Waals surface area contributed by atoms with Gasteiger partial charge in [-0.3, -0.25) is 15.6 Å². The van der Waals surface area contributed by atoms with Crippen LogP contribution < -0.4 is 26.6 Å². The van der Waals surface area contributed by atoms with Crippen molar-refractivity contribution in [2.24, 2.45) is 0 Å². The van der Waals surface area contributed by atoms with Crippen LogP contribution in [0.1, 0.15) is 10.6 Å². The Balaban J connectivity index is 1.75. The highest BCUT2D eigenvalue weighted by atomic mass is 16.5. The van der Waals surface area contributed by atoms with E-state index < -0.39 is 5.91 Å². The highest BCUT2D eigenvalue weighted by Crippen LogP contribution is 2.25. The molecule has 0 aliphatic rings. The van der Waals surface area contributed by atoms with E-state index in [0.29, 0.717) is 11.4 Å². The summed E-state index contributed by atoms with van der Waals surface area (Å²) in [4.78, 5) is 24.2. The fourth-order valence-electron chi connectivity index (χ4n) is 2.12. The Kier molecular flexibility index (Phi) is 5.08. The topological polar surface area (TPSA) is 127 Å². The van der Waals surface area contributed by atoms with Crippen molar-refractivity contribution in [3.63, 3.8) is 0 Å². The van der Waals surface area contributed by atoms with E-state index in [0.717, 1.165) is 5.69 Å². The number of nitrogens with two attached hydrogens (primary N) is 1. The largest absolute Gasteiger partial charge is 0.495 e. The molecule has 0 unspecified atom stereocenters. The standard InChI is InChI=1S/C17H17N7O2/c1-26-13-10-6-5-9-12(13)19-17-21-14(20-16(18)22-17)15(25)24-23-11-7-3-2-4-8-11/h2-10,23H,1H3,(H,24,25)(H3,18,19,20,21,22). The van der Waals surface area contributed by atoms with Gasteiger partial charge in [-0.2, -0.15) is 15.0 Å². The molecule has 0 saturated heterocycles. The number of hydrogen-bond donors (Lipinski definition) is 4. The van der Waals surface area contributed by atoms with Crippen LogP contribution in [0.15, 0.2) is 54.6 Å². The third-order valence-electron chi connectivity index (χ3n) is 3.30. The van der Waals surface area contributed by atoms with Crippen LogP contribution in [0, 0.1) is 0 Å². The first-order valence-corrected chi connectivity index (χ1v) is 7.68. The van der Waals surface area contributed by atoms with Gasteiger partial charge in [0.1, 0.15) is 5.75 Å². The summed E-state index contributed by atoms with van der Waals surface area (Å²) >= 11 is 0. The monoisotopic (exact) mass is 351 g/mol.